The molecule has 0 aromatic heterocycles. The van der Waals surface area contributed by atoms with E-state index in [4.69, 9.17) is 27.4 Å². The SMILES string of the molecule is [2H]c1c(-c2c([2H])c([2H])c(-c3c([2H])c([2H])c([2H])c([2H])c3-c3c([2H])c([2H])c4c([2H])c([2H])c5c([2H])c([2H])c([2H])c6c([2H])c([2H])c3c4c56)c([2H])c2-c2c([2H])c([2H])c3c([2H])c([2H])c4c([2H])c([2H])c([2H])c5c([2H])c([2H])c2c3c45)cc2c(c1[2H])C(C([2H])([2H])[2H])(C([2H])([2H])[2H])c1c([2H])c([2H])c([2H])c([2H])c1-2. The summed E-state index contributed by atoms with van der Waals surface area (Å²) in [6.07, 6.45) is 0. The lowest BCUT2D eigenvalue weighted by Gasteiger charge is -2.22. The van der Waals surface area contributed by atoms with Gasteiger partial charge in [0.25, 0.3) is 0 Å². The highest BCUT2D eigenvalue weighted by Crippen LogP contribution is 2.51. The standard InChI is InChI=1S/C59H38/c1-59(2)53-16-6-5-15-48(53)52-34-42(26-32-54(52)59)44-27-25-41(33-51(44)47-29-22-40-20-18-36-10-8-12-38-24-31-50(47)58(40)56(36)38)43-13-3-4-14-45(43)46-28-21-39-19-17-35-9-7-11-37-23-30-49(46)57(39)55(35)37/h3-34H,1-2H3/i1D3,2D3,3D,4D,5D,6D,7D,8D,9D,10D,11D,12D,13D,14D,15D,16D,17D,18D,19D,20D,21D,22D,23D,24D,25D,26D,27D,28D,29D,30D,31D,32D,33D. The van der Waals surface area contributed by atoms with Gasteiger partial charge in [-0.2, -0.15) is 0 Å². The Balaban J connectivity index is 1.31. The van der Waals surface area contributed by atoms with Crippen molar-refractivity contribution in [3.63, 3.8) is 0 Å². The van der Waals surface area contributed by atoms with Crippen molar-refractivity contribution in [2.75, 3.05) is 0 Å². The summed E-state index contributed by atoms with van der Waals surface area (Å²) < 4.78 is 344. The van der Waals surface area contributed by atoms with Crippen LogP contribution >= 0.6 is 0 Å². The zero-order chi connectivity index (χ0) is 71.0. The van der Waals surface area contributed by atoms with Crippen LogP contribution in [0.5, 0.6) is 0 Å². The minimum atomic E-state index is -3.88. The van der Waals surface area contributed by atoms with Gasteiger partial charge in [0.1, 0.15) is 0 Å². The Labute approximate surface area is 395 Å². The molecule has 0 atom stereocenters. The number of benzene rings is 12. The van der Waals surface area contributed by atoms with E-state index in [0.717, 1.165) is 6.07 Å². The van der Waals surface area contributed by atoms with Gasteiger partial charge in [0.15, 0.2) is 0 Å². The average Bonchev–Trinajstić information content (AvgIpc) is 1.44. The smallest absolute Gasteiger partial charge is 0.0619 e. The van der Waals surface area contributed by atoms with Gasteiger partial charge >= 0.3 is 0 Å². The fraction of sp³-hybridized carbons (Fsp3) is 0.0508. The molecule has 0 N–H and O–H groups in total. The summed E-state index contributed by atoms with van der Waals surface area (Å²) in [5.41, 5.74) is -15.5. The van der Waals surface area contributed by atoms with Gasteiger partial charge in [-0.15, -0.1) is 0 Å². The van der Waals surface area contributed by atoms with Gasteiger partial charge in [-0.25, -0.2) is 0 Å². The monoisotopic (exact) mass is 784 g/mol. The maximum Gasteiger partial charge on any atom is 0.0636 e. The largest absolute Gasteiger partial charge is 0.0636 e. The van der Waals surface area contributed by atoms with Gasteiger partial charge in [-0.05, 0) is 144 Å². The Morgan fingerprint density at radius 2 is 0.780 bits per heavy atom. The fourth-order valence-electron chi connectivity index (χ4n) is 8.11. The predicted molar refractivity (Wildman–Crippen MR) is 253 cm³/mol. The molecule has 1 aliphatic rings. The molecule has 0 spiro atoms. The molecule has 0 saturated carbocycles. The highest BCUT2D eigenvalue weighted by Gasteiger charge is 2.35. The molecule has 274 valence electrons. The maximum absolute atomic E-state index is 10.7. The Morgan fingerprint density at radius 1 is 0.322 bits per heavy atom. The summed E-state index contributed by atoms with van der Waals surface area (Å²) >= 11 is 0. The average molecular weight is 784 g/mol. The molecule has 0 amide bonds. The third-order valence-electron chi connectivity index (χ3n) is 10.7. The number of hydrogen-bond acceptors (Lipinski definition) is 0. The predicted octanol–water partition coefficient (Wildman–Crippen LogP) is 16.5. The van der Waals surface area contributed by atoms with Crippen LogP contribution in [0.2, 0.25) is 0 Å². The molecule has 0 aliphatic heterocycles. The van der Waals surface area contributed by atoms with Gasteiger partial charge in [0.2, 0.25) is 0 Å². The van der Waals surface area contributed by atoms with Crippen LogP contribution < -0.4 is 0 Å². The quantitative estimate of drug-likeness (QED) is 0.156. The second-order valence-electron chi connectivity index (χ2n) is 13.8. The van der Waals surface area contributed by atoms with E-state index < -0.39 is 338 Å². The summed E-state index contributed by atoms with van der Waals surface area (Å²) in [5, 5.41) is -6.90. The van der Waals surface area contributed by atoms with E-state index in [1.54, 1.807) is 0 Å². The molecule has 0 fully saturated rings. The third kappa shape index (κ3) is 4.55. The zero-order valence-corrected chi connectivity index (χ0v) is 29.6. The van der Waals surface area contributed by atoms with Crippen LogP contribution in [0.1, 0.15) is 75.5 Å². The van der Waals surface area contributed by atoms with Gasteiger partial charge < -0.3 is 0 Å². The topological polar surface area (TPSA) is 0 Å². The molecular weight excluding hydrogens is 709 g/mol. The second-order valence-corrected chi connectivity index (χ2v) is 13.8. The summed E-state index contributed by atoms with van der Waals surface area (Å²) in [5.74, 6) is 0. The maximum atomic E-state index is 10.7. The molecule has 0 saturated heterocycles. The Kier molecular flexibility index (Phi) is 2.64. The summed E-state index contributed by atoms with van der Waals surface area (Å²) in [6.45, 7) is -7.76. The molecule has 59 heavy (non-hydrogen) atoms. The van der Waals surface area contributed by atoms with Gasteiger partial charge in [0.05, 0.1) is 42.5 Å². The molecule has 13 rings (SSSR count). The first-order valence-corrected chi connectivity index (χ1v) is 17.8. The van der Waals surface area contributed by atoms with Crippen LogP contribution in [-0.2, 0) is 5.41 Å². The molecule has 0 nitrogen and oxygen atoms in total. The van der Waals surface area contributed by atoms with E-state index in [2.05, 4.69) is 0 Å². The zero-order valence-electron chi connectivity index (χ0n) is 66.6. The van der Waals surface area contributed by atoms with Crippen LogP contribution in [0, 0.1) is 0 Å². The van der Waals surface area contributed by atoms with Gasteiger partial charge in [-0.3, -0.25) is 0 Å². The van der Waals surface area contributed by atoms with Crippen LogP contribution in [0.15, 0.2) is 193 Å². The molecule has 0 bridgehead atoms. The Morgan fingerprint density at radius 3 is 1.41 bits per heavy atom. The van der Waals surface area contributed by atoms with Crippen molar-refractivity contribution >= 4 is 64.6 Å². The van der Waals surface area contributed by atoms with Crippen molar-refractivity contribution in [1.82, 2.24) is 0 Å². The summed E-state index contributed by atoms with van der Waals surface area (Å²) in [4.78, 5) is 0. The Hall–Kier alpha value is -7.28. The molecule has 12 aromatic carbocycles. The molecular formula is C59H38. The Bertz CT molecular complexity index is 5680. The first kappa shape index (κ1) is 13.1. The highest BCUT2D eigenvalue weighted by molar-refractivity contribution is 6.27. The van der Waals surface area contributed by atoms with Crippen molar-refractivity contribution in [1.29, 1.82) is 0 Å². The minimum Gasteiger partial charge on any atom is -0.0619 e. The van der Waals surface area contributed by atoms with Crippen molar-refractivity contribution in [3.05, 3.63) is 205 Å². The third-order valence-corrected chi connectivity index (χ3v) is 10.7. The van der Waals surface area contributed by atoms with Crippen molar-refractivity contribution in [2.45, 2.75) is 19.1 Å². The molecule has 0 radical (unpaired) electrons. The lowest BCUT2D eigenvalue weighted by molar-refractivity contribution is 0.660. The molecule has 0 heterocycles. The van der Waals surface area contributed by atoms with E-state index in [9.17, 15) is 23.3 Å². The summed E-state index contributed by atoms with van der Waals surface area (Å²) in [6, 6.07) is -31.8. The summed E-state index contributed by atoms with van der Waals surface area (Å²) in [7, 11) is 0. The lowest BCUT2D eigenvalue weighted by atomic mass is 9.81. The van der Waals surface area contributed by atoms with Crippen molar-refractivity contribution in [3.8, 4) is 55.6 Å². The lowest BCUT2D eigenvalue weighted by Crippen LogP contribution is -2.14. The second kappa shape index (κ2) is 11.9. The van der Waals surface area contributed by atoms with Gasteiger partial charge in [0, 0.05) is 13.6 Å². The molecule has 1 aliphatic carbocycles. The normalized spacial score (nSPS) is 22.7. The van der Waals surface area contributed by atoms with Crippen LogP contribution in [0.4, 0.5) is 0 Å². The van der Waals surface area contributed by atoms with Crippen LogP contribution in [0.3, 0.4) is 0 Å². The fourth-order valence-corrected chi connectivity index (χ4v) is 8.11. The number of hydrogen-bond donors (Lipinski definition) is 0. The van der Waals surface area contributed by atoms with E-state index in [1.165, 1.54) is 0 Å². The van der Waals surface area contributed by atoms with Crippen LogP contribution in [-0.4, -0.2) is 0 Å². The van der Waals surface area contributed by atoms with Gasteiger partial charge in [-0.1, -0.05) is 195 Å². The first-order chi connectivity index (χ1) is 44.5. The van der Waals surface area contributed by atoms with E-state index >= 15 is 0 Å². The first-order valence-electron chi connectivity index (χ1n) is 36.3. The van der Waals surface area contributed by atoms with Crippen molar-refractivity contribution in [2.24, 2.45) is 0 Å². The number of rotatable bonds is 4. The van der Waals surface area contributed by atoms with E-state index in [1.807, 2.05) is 0 Å². The molecule has 12 aromatic rings. The van der Waals surface area contributed by atoms with Crippen LogP contribution in [0.25, 0.3) is 120 Å². The number of fused-ring (bicyclic) bond motifs is 3. The van der Waals surface area contributed by atoms with E-state index in [-0.39, 0.29) is 0 Å². The minimum absolute atomic E-state index is 0.416. The van der Waals surface area contributed by atoms with Crippen molar-refractivity contribution < 1.29 is 50.7 Å². The van der Waals surface area contributed by atoms with E-state index in [0.29, 0.717) is 0 Å². The highest BCUT2D eigenvalue weighted by atomic mass is 14.4. The molecule has 0 unspecified atom stereocenters. The molecule has 0 heteroatoms.